The van der Waals surface area contributed by atoms with Gasteiger partial charge in [0.1, 0.15) is 0 Å². The molecule has 0 aromatic rings. The van der Waals surface area contributed by atoms with Crippen molar-refractivity contribution < 1.29 is 9.53 Å². The minimum absolute atomic E-state index is 0.0446. The summed E-state index contributed by atoms with van der Waals surface area (Å²) in [5, 5.41) is 0. The first-order chi connectivity index (χ1) is 5.43. The van der Waals surface area contributed by atoms with E-state index < -0.39 is 0 Å². The van der Waals surface area contributed by atoms with Crippen molar-refractivity contribution in [2.45, 2.75) is 46.3 Å². The highest BCUT2D eigenvalue weighted by molar-refractivity contribution is 5.70. The van der Waals surface area contributed by atoms with Crippen LogP contribution in [0.5, 0.6) is 0 Å². The lowest BCUT2D eigenvalue weighted by Crippen LogP contribution is -2.30. The molecule has 0 aromatic heterocycles. The van der Waals surface area contributed by atoms with E-state index in [9.17, 15) is 4.79 Å². The zero-order valence-corrected chi connectivity index (χ0v) is 8.33. The van der Waals surface area contributed by atoms with Crippen LogP contribution in [0.3, 0.4) is 0 Å². The van der Waals surface area contributed by atoms with Crippen molar-refractivity contribution in [2.24, 2.45) is 11.7 Å². The zero-order chi connectivity index (χ0) is 9.72. The SMILES string of the molecule is CC(C)OC(=O)CC(N)C(C)C. The first kappa shape index (κ1) is 11.4. The second kappa shape index (κ2) is 5.14. The molecule has 0 aromatic carbocycles. The van der Waals surface area contributed by atoms with Crippen molar-refractivity contribution in [2.75, 3.05) is 0 Å². The highest BCUT2D eigenvalue weighted by Gasteiger charge is 2.14. The molecule has 0 fully saturated rings. The second-order valence-corrected chi connectivity index (χ2v) is 3.65. The molecule has 0 spiro atoms. The fourth-order valence-electron chi connectivity index (χ4n) is 0.739. The molecule has 0 saturated heterocycles. The van der Waals surface area contributed by atoms with E-state index in [2.05, 4.69) is 0 Å². The van der Waals surface area contributed by atoms with Crippen LogP contribution in [0, 0.1) is 5.92 Å². The van der Waals surface area contributed by atoms with E-state index in [0.29, 0.717) is 12.3 Å². The van der Waals surface area contributed by atoms with Crippen LogP contribution in [0.4, 0.5) is 0 Å². The molecule has 2 N–H and O–H groups in total. The molecule has 1 atom stereocenters. The fraction of sp³-hybridized carbons (Fsp3) is 0.889. The van der Waals surface area contributed by atoms with E-state index in [1.54, 1.807) is 0 Å². The van der Waals surface area contributed by atoms with Crippen LogP contribution in [0.15, 0.2) is 0 Å². The van der Waals surface area contributed by atoms with Crippen LogP contribution >= 0.6 is 0 Å². The van der Waals surface area contributed by atoms with E-state index in [0.717, 1.165) is 0 Å². The molecule has 12 heavy (non-hydrogen) atoms. The molecule has 0 aliphatic rings. The number of rotatable bonds is 4. The van der Waals surface area contributed by atoms with Crippen LogP contribution in [0.1, 0.15) is 34.1 Å². The Kier molecular flexibility index (Phi) is 4.90. The van der Waals surface area contributed by atoms with Gasteiger partial charge in [-0.15, -0.1) is 0 Å². The minimum Gasteiger partial charge on any atom is -0.463 e. The molecule has 0 aliphatic carbocycles. The van der Waals surface area contributed by atoms with Gasteiger partial charge in [0, 0.05) is 6.04 Å². The normalized spacial score (nSPS) is 13.6. The van der Waals surface area contributed by atoms with Crippen molar-refractivity contribution in [1.29, 1.82) is 0 Å². The molecular formula is C9H19NO2. The Morgan fingerprint density at radius 3 is 2.17 bits per heavy atom. The van der Waals surface area contributed by atoms with Crippen molar-refractivity contribution in [1.82, 2.24) is 0 Å². The maximum Gasteiger partial charge on any atom is 0.307 e. The van der Waals surface area contributed by atoms with Gasteiger partial charge in [-0.05, 0) is 19.8 Å². The summed E-state index contributed by atoms with van der Waals surface area (Å²) in [6.07, 6.45) is 0.271. The largest absolute Gasteiger partial charge is 0.463 e. The molecule has 0 aliphatic heterocycles. The molecule has 3 nitrogen and oxygen atoms in total. The fourth-order valence-corrected chi connectivity index (χ4v) is 0.739. The minimum atomic E-state index is -0.203. The average Bonchev–Trinajstić information content (AvgIpc) is 1.84. The first-order valence-corrected chi connectivity index (χ1v) is 4.38. The lowest BCUT2D eigenvalue weighted by molar-refractivity contribution is -0.148. The van der Waals surface area contributed by atoms with Gasteiger partial charge in [-0.2, -0.15) is 0 Å². The van der Waals surface area contributed by atoms with Gasteiger partial charge in [0.2, 0.25) is 0 Å². The van der Waals surface area contributed by atoms with Gasteiger partial charge in [-0.1, -0.05) is 13.8 Å². The number of hydrogen-bond acceptors (Lipinski definition) is 3. The summed E-state index contributed by atoms with van der Waals surface area (Å²) in [7, 11) is 0. The average molecular weight is 173 g/mol. The lowest BCUT2D eigenvalue weighted by Gasteiger charge is -2.15. The Balaban J connectivity index is 3.69. The lowest BCUT2D eigenvalue weighted by atomic mass is 10.0. The summed E-state index contributed by atoms with van der Waals surface area (Å²) in [6, 6.07) is -0.0868. The van der Waals surface area contributed by atoms with E-state index in [1.165, 1.54) is 0 Å². The Bertz CT molecular complexity index is 143. The number of hydrogen-bond donors (Lipinski definition) is 1. The molecule has 0 bridgehead atoms. The Hall–Kier alpha value is -0.570. The van der Waals surface area contributed by atoms with E-state index >= 15 is 0 Å². The number of ether oxygens (including phenoxy) is 1. The molecule has 1 unspecified atom stereocenters. The van der Waals surface area contributed by atoms with Gasteiger partial charge in [0.25, 0.3) is 0 Å². The smallest absolute Gasteiger partial charge is 0.307 e. The van der Waals surface area contributed by atoms with Gasteiger partial charge in [-0.25, -0.2) is 0 Å². The van der Waals surface area contributed by atoms with Crippen molar-refractivity contribution >= 4 is 5.97 Å². The summed E-state index contributed by atoms with van der Waals surface area (Å²) in [6.45, 7) is 7.65. The van der Waals surface area contributed by atoms with Crippen molar-refractivity contribution in [3.05, 3.63) is 0 Å². The third-order valence-electron chi connectivity index (χ3n) is 1.63. The van der Waals surface area contributed by atoms with Crippen LogP contribution < -0.4 is 5.73 Å². The van der Waals surface area contributed by atoms with Gasteiger partial charge >= 0.3 is 5.97 Å². The third kappa shape index (κ3) is 5.13. The van der Waals surface area contributed by atoms with Crippen LogP contribution in [-0.4, -0.2) is 18.1 Å². The Morgan fingerprint density at radius 1 is 1.33 bits per heavy atom. The molecular weight excluding hydrogens is 154 g/mol. The third-order valence-corrected chi connectivity index (χ3v) is 1.63. The molecule has 0 radical (unpaired) electrons. The van der Waals surface area contributed by atoms with Crippen molar-refractivity contribution in [3.8, 4) is 0 Å². The predicted molar refractivity (Wildman–Crippen MR) is 48.7 cm³/mol. The van der Waals surface area contributed by atoms with Gasteiger partial charge in [0.15, 0.2) is 0 Å². The summed E-state index contributed by atoms with van der Waals surface area (Å²) in [4.78, 5) is 11.1. The molecule has 0 rings (SSSR count). The summed E-state index contributed by atoms with van der Waals surface area (Å²) in [5.74, 6) is 0.121. The number of nitrogens with two attached hydrogens (primary N) is 1. The van der Waals surface area contributed by atoms with E-state index in [-0.39, 0.29) is 18.1 Å². The topological polar surface area (TPSA) is 52.3 Å². The maximum absolute atomic E-state index is 11.1. The predicted octanol–water partition coefficient (Wildman–Crippen LogP) is 1.31. The number of carbonyl (C=O) groups is 1. The van der Waals surface area contributed by atoms with E-state index in [4.69, 9.17) is 10.5 Å². The van der Waals surface area contributed by atoms with Gasteiger partial charge in [0.05, 0.1) is 12.5 Å². The number of carbonyl (C=O) groups excluding carboxylic acids is 1. The van der Waals surface area contributed by atoms with Crippen molar-refractivity contribution in [3.63, 3.8) is 0 Å². The Labute approximate surface area is 74.3 Å². The van der Waals surface area contributed by atoms with Crippen LogP contribution in [0.2, 0.25) is 0 Å². The highest BCUT2D eigenvalue weighted by atomic mass is 16.5. The molecule has 72 valence electrons. The van der Waals surface area contributed by atoms with E-state index in [1.807, 2.05) is 27.7 Å². The van der Waals surface area contributed by atoms with Gasteiger partial charge < -0.3 is 10.5 Å². The molecule has 0 heterocycles. The monoisotopic (exact) mass is 173 g/mol. The Morgan fingerprint density at radius 2 is 1.83 bits per heavy atom. The van der Waals surface area contributed by atoms with Crippen LogP contribution in [0.25, 0.3) is 0 Å². The summed E-state index contributed by atoms with van der Waals surface area (Å²) in [5.41, 5.74) is 5.69. The molecule has 3 heteroatoms. The second-order valence-electron chi connectivity index (χ2n) is 3.65. The number of esters is 1. The quantitative estimate of drug-likeness (QED) is 0.652. The standard InChI is InChI=1S/C9H19NO2/c1-6(2)8(10)5-9(11)12-7(3)4/h6-8H,5,10H2,1-4H3. The van der Waals surface area contributed by atoms with Crippen LogP contribution in [-0.2, 0) is 9.53 Å². The summed E-state index contributed by atoms with van der Waals surface area (Å²) >= 11 is 0. The first-order valence-electron chi connectivity index (χ1n) is 4.38. The highest BCUT2D eigenvalue weighted by Crippen LogP contribution is 2.04. The molecule has 0 saturated carbocycles. The zero-order valence-electron chi connectivity index (χ0n) is 8.33. The maximum atomic E-state index is 11.1. The molecule has 0 amide bonds. The van der Waals surface area contributed by atoms with Gasteiger partial charge in [-0.3, -0.25) is 4.79 Å². The summed E-state index contributed by atoms with van der Waals surface area (Å²) < 4.78 is 4.95.